The number of imidazole rings is 1. The summed E-state index contributed by atoms with van der Waals surface area (Å²) >= 11 is 5.98. The van der Waals surface area contributed by atoms with E-state index in [1.54, 1.807) is 0 Å². The Bertz CT molecular complexity index is 886. The average Bonchev–Trinajstić information content (AvgIpc) is 3.22. The predicted molar refractivity (Wildman–Crippen MR) is 101 cm³/mol. The maximum atomic E-state index is 6.10. The Morgan fingerprint density at radius 3 is 2.85 bits per heavy atom. The molecule has 0 spiro atoms. The van der Waals surface area contributed by atoms with Crippen molar-refractivity contribution >= 4 is 11.6 Å². The molecule has 1 aromatic carbocycles. The first-order valence-corrected chi connectivity index (χ1v) is 9.14. The Morgan fingerprint density at radius 2 is 2.12 bits per heavy atom. The first-order chi connectivity index (χ1) is 12.6. The molecular weight excluding hydrogens is 350 g/mol. The van der Waals surface area contributed by atoms with Crippen molar-refractivity contribution in [3.05, 3.63) is 59.1 Å². The number of hydrogen-bond acceptors (Lipinski definition) is 5. The van der Waals surface area contributed by atoms with Crippen LogP contribution >= 0.6 is 11.6 Å². The number of rotatable bonds is 4. The summed E-state index contributed by atoms with van der Waals surface area (Å²) in [6, 6.07) is 7.86. The highest BCUT2D eigenvalue weighted by molar-refractivity contribution is 6.30. The molecule has 1 unspecified atom stereocenters. The van der Waals surface area contributed by atoms with Crippen LogP contribution in [0.1, 0.15) is 23.5 Å². The van der Waals surface area contributed by atoms with Gasteiger partial charge >= 0.3 is 0 Å². The second-order valence-corrected chi connectivity index (χ2v) is 7.05. The molecule has 1 saturated heterocycles. The molecular formula is C19H22ClN5O. The van der Waals surface area contributed by atoms with Crippen LogP contribution in [0, 0.1) is 6.92 Å². The topological polar surface area (TPSA) is 59.1 Å². The predicted octanol–water partition coefficient (Wildman–Crippen LogP) is 3.18. The zero-order valence-corrected chi connectivity index (χ0v) is 15.7. The van der Waals surface area contributed by atoms with Gasteiger partial charge in [-0.3, -0.25) is 4.90 Å². The first kappa shape index (κ1) is 17.3. The number of aryl methyl sites for hydroxylation is 2. The van der Waals surface area contributed by atoms with Crippen molar-refractivity contribution in [3.8, 4) is 11.3 Å². The van der Waals surface area contributed by atoms with Crippen LogP contribution in [0.25, 0.3) is 11.3 Å². The summed E-state index contributed by atoms with van der Waals surface area (Å²) in [4.78, 5) is 11.6. The number of oxazole rings is 1. The molecule has 0 amide bonds. The first-order valence-electron chi connectivity index (χ1n) is 8.76. The second kappa shape index (κ2) is 7.23. The van der Waals surface area contributed by atoms with E-state index in [4.69, 9.17) is 16.0 Å². The highest BCUT2D eigenvalue weighted by Crippen LogP contribution is 2.28. The van der Waals surface area contributed by atoms with Crippen LogP contribution in [0.3, 0.4) is 0 Å². The van der Waals surface area contributed by atoms with Gasteiger partial charge in [-0.25, -0.2) is 9.97 Å². The van der Waals surface area contributed by atoms with E-state index >= 15 is 0 Å². The van der Waals surface area contributed by atoms with E-state index < -0.39 is 0 Å². The van der Waals surface area contributed by atoms with E-state index in [1.165, 1.54) is 0 Å². The summed E-state index contributed by atoms with van der Waals surface area (Å²) in [5, 5.41) is 4.17. The number of nitrogens with zero attached hydrogens (tertiary/aromatic N) is 4. The Morgan fingerprint density at radius 1 is 1.31 bits per heavy atom. The van der Waals surface area contributed by atoms with Gasteiger partial charge in [-0.15, -0.1) is 0 Å². The molecule has 1 aliphatic heterocycles. The van der Waals surface area contributed by atoms with E-state index in [1.807, 2.05) is 50.6 Å². The van der Waals surface area contributed by atoms with Crippen LogP contribution in [-0.4, -0.2) is 39.1 Å². The highest BCUT2D eigenvalue weighted by Gasteiger charge is 2.28. The maximum Gasteiger partial charge on any atom is 0.209 e. The van der Waals surface area contributed by atoms with Gasteiger partial charge in [-0.1, -0.05) is 11.6 Å². The SMILES string of the molecule is Cc1nc(CN2CCNCC2c2nccn2C)oc1-c1ccc(Cl)cc1. The van der Waals surface area contributed by atoms with Gasteiger partial charge in [0.15, 0.2) is 5.76 Å². The molecule has 1 N–H and O–H groups in total. The minimum absolute atomic E-state index is 0.204. The van der Waals surface area contributed by atoms with E-state index in [0.29, 0.717) is 11.6 Å². The minimum Gasteiger partial charge on any atom is -0.439 e. The summed E-state index contributed by atoms with van der Waals surface area (Å²) in [6.45, 7) is 5.38. The molecule has 0 radical (unpaired) electrons. The largest absolute Gasteiger partial charge is 0.439 e. The highest BCUT2D eigenvalue weighted by atomic mass is 35.5. The lowest BCUT2D eigenvalue weighted by molar-refractivity contribution is 0.132. The van der Waals surface area contributed by atoms with Gasteiger partial charge < -0.3 is 14.3 Å². The Hall–Kier alpha value is -2.15. The third-order valence-corrected chi connectivity index (χ3v) is 5.05. The quantitative estimate of drug-likeness (QED) is 0.763. The number of hydrogen-bond donors (Lipinski definition) is 1. The normalized spacial score (nSPS) is 18.3. The Balaban J connectivity index is 1.57. The fourth-order valence-corrected chi connectivity index (χ4v) is 3.58. The molecule has 0 aliphatic carbocycles. The van der Waals surface area contributed by atoms with Crippen molar-refractivity contribution in [3.63, 3.8) is 0 Å². The molecule has 1 aliphatic rings. The number of benzene rings is 1. The standard InChI is InChI=1S/C19H22ClN5O/c1-13-18(14-3-5-15(20)6-4-14)26-17(23-13)12-25-10-7-21-11-16(25)19-22-8-9-24(19)2/h3-6,8-9,16,21H,7,10-12H2,1-2H3. The van der Waals surface area contributed by atoms with Crippen molar-refractivity contribution in [2.75, 3.05) is 19.6 Å². The van der Waals surface area contributed by atoms with Crippen LogP contribution in [0.5, 0.6) is 0 Å². The average molecular weight is 372 g/mol. The molecule has 3 heterocycles. The van der Waals surface area contributed by atoms with Gasteiger partial charge in [0.05, 0.1) is 18.3 Å². The molecule has 136 valence electrons. The van der Waals surface area contributed by atoms with Gasteiger partial charge in [-0.2, -0.15) is 0 Å². The lowest BCUT2D eigenvalue weighted by Gasteiger charge is -2.34. The molecule has 0 bridgehead atoms. The minimum atomic E-state index is 0.204. The van der Waals surface area contributed by atoms with Crippen LogP contribution in [0.2, 0.25) is 5.02 Å². The fourth-order valence-electron chi connectivity index (χ4n) is 3.45. The van der Waals surface area contributed by atoms with Crippen molar-refractivity contribution in [1.29, 1.82) is 0 Å². The van der Waals surface area contributed by atoms with Crippen LogP contribution in [0.4, 0.5) is 0 Å². The molecule has 0 saturated carbocycles. The van der Waals surface area contributed by atoms with Crippen molar-refractivity contribution in [2.24, 2.45) is 7.05 Å². The molecule has 26 heavy (non-hydrogen) atoms. The number of aromatic nitrogens is 3. The van der Waals surface area contributed by atoms with E-state index in [2.05, 4.69) is 24.8 Å². The lowest BCUT2D eigenvalue weighted by Crippen LogP contribution is -2.46. The summed E-state index contributed by atoms with van der Waals surface area (Å²) in [5.74, 6) is 2.59. The van der Waals surface area contributed by atoms with Gasteiger partial charge in [0.2, 0.25) is 5.89 Å². The van der Waals surface area contributed by atoms with Gasteiger partial charge in [-0.05, 0) is 31.2 Å². The zero-order valence-electron chi connectivity index (χ0n) is 14.9. The van der Waals surface area contributed by atoms with Gasteiger partial charge in [0.25, 0.3) is 0 Å². The zero-order chi connectivity index (χ0) is 18.1. The van der Waals surface area contributed by atoms with Crippen molar-refractivity contribution < 1.29 is 4.42 Å². The molecule has 7 heteroatoms. The molecule has 1 atom stereocenters. The van der Waals surface area contributed by atoms with Gasteiger partial charge in [0, 0.05) is 49.7 Å². The fraction of sp³-hybridized carbons (Fsp3) is 0.368. The van der Waals surface area contributed by atoms with Crippen LogP contribution < -0.4 is 5.32 Å². The molecule has 1 fully saturated rings. The monoisotopic (exact) mass is 371 g/mol. The number of halogens is 1. The third kappa shape index (κ3) is 3.40. The smallest absolute Gasteiger partial charge is 0.209 e. The summed E-state index contributed by atoms with van der Waals surface area (Å²) in [6.07, 6.45) is 3.83. The molecule has 6 nitrogen and oxygen atoms in total. The molecule has 2 aromatic heterocycles. The number of piperazine rings is 1. The van der Waals surface area contributed by atoms with Gasteiger partial charge in [0.1, 0.15) is 5.82 Å². The Labute approximate surface area is 157 Å². The molecule has 3 aromatic rings. The lowest BCUT2D eigenvalue weighted by atomic mass is 10.1. The maximum absolute atomic E-state index is 6.10. The third-order valence-electron chi connectivity index (χ3n) is 4.80. The van der Waals surface area contributed by atoms with Crippen LogP contribution in [0.15, 0.2) is 41.1 Å². The number of nitrogens with one attached hydrogen (secondary N) is 1. The Kier molecular flexibility index (Phi) is 4.80. The summed E-state index contributed by atoms with van der Waals surface area (Å²) in [5.41, 5.74) is 1.89. The van der Waals surface area contributed by atoms with Crippen molar-refractivity contribution in [2.45, 2.75) is 19.5 Å². The van der Waals surface area contributed by atoms with Crippen molar-refractivity contribution in [1.82, 2.24) is 24.8 Å². The van der Waals surface area contributed by atoms with E-state index in [-0.39, 0.29) is 6.04 Å². The van der Waals surface area contributed by atoms with Crippen LogP contribution in [-0.2, 0) is 13.6 Å². The van der Waals surface area contributed by atoms with E-state index in [0.717, 1.165) is 48.4 Å². The molecule has 4 rings (SSSR count). The summed E-state index contributed by atoms with van der Waals surface area (Å²) < 4.78 is 8.17. The van der Waals surface area contributed by atoms with E-state index in [9.17, 15) is 0 Å². The summed E-state index contributed by atoms with van der Waals surface area (Å²) in [7, 11) is 2.03. The second-order valence-electron chi connectivity index (χ2n) is 6.62.